The number of carbonyl (C=O) groups is 1. The maximum Gasteiger partial charge on any atom is 0.254 e. The van der Waals surface area contributed by atoms with Crippen LogP contribution in [-0.2, 0) is 0 Å². The average Bonchev–Trinajstić information content (AvgIpc) is 2.36. The van der Waals surface area contributed by atoms with Gasteiger partial charge in [-0.25, -0.2) is 0 Å². The number of nitrogens with zero attached hydrogens (tertiary/aromatic N) is 3. The van der Waals surface area contributed by atoms with Crippen molar-refractivity contribution in [3.05, 3.63) is 35.4 Å². The predicted octanol–water partition coefficient (Wildman–Crippen LogP) is 1.54. The number of amides is 1. The van der Waals surface area contributed by atoms with Crippen LogP contribution < -0.4 is 0 Å². The van der Waals surface area contributed by atoms with Crippen molar-refractivity contribution >= 4 is 5.91 Å². The number of nitriles is 2. The number of hydrogen-bond acceptors (Lipinski definition) is 3. The van der Waals surface area contributed by atoms with Gasteiger partial charge in [0, 0.05) is 12.6 Å². The van der Waals surface area contributed by atoms with Gasteiger partial charge in [-0.05, 0) is 31.2 Å². The Morgan fingerprint density at radius 3 is 2.31 bits per heavy atom. The zero-order chi connectivity index (χ0) is 12.1. The molecule has 0 aliphatic carbocycles. The number of hydrogen-bond donors (Lipinski definition) is 0. The van der Waals surface area contributed by atoms with E-state index in [0.29, 0.717) is 11.1 Å². The van der Waals surface area contributed by atoms with E-state index in [1.807, 2.05) is 12.1 Å². The molecule has 0 saturated heterocycles. The van der Waals surface area contributed by atoms with Crippen molar-refractivity contribution in [2.45, 2.75) is 13.0 Å². The number of benzene rings is 1. The fourth-order valence-electron chi connectivity index (χ4n) is 1.15. The lowest BCUT2D eigenvalue weighted by atomic mass is 10.1. The molecule has 0 spiro atoms. The molecule has 0 bridgehead atoms. The largest absolute Gasteiger partial charge is 0.326 e. The van der Waals surface area contributed by atoms with Crippen molar-refractivity contribution in [2.24, 2.45) is 0 Å². The van der Waals surface area contributed by atoms with E-state index >= 15 is 0 Å². The van der Waals surface area contributed by atoms with Gasteiger partial charge in [-0.3, -0.25) is 4.79 Å². The van der Waals surface area contributed by atoms with Gasteiger partial charge in [-0.2, -0.15) is 10.5 Å². The molecule has 0 radical (unpaired) electrons. The molecular formula is C12H11N3O. The van der Waals surface area contributed by atoms with Gasteiger partial charge < -0.3 is 4.90 Å². The quantitative estimate of drug-likeness (QED) is 0.748. The molecule has 1 amide bonds. The van der Waals surface area contributed by atoms with E-state index in [1.165, 1.54) is 4.90 Å². The summed E-state index contributed by atoms with van der Waals surface area (Å²) in [6.07, 6.45) is 0. The summed E-state index contributed by atoms with van der Waals surface area (Å²) in [7, 11) is 1.58. The van der Waals surface area contributed by atoms with Crippen molar-refractivity contribution in [1.82, 2.24) is 4.90 Å². The summed E-state index contributed by atoms with van der Waals surface area (Å²) >= 11 is 0. The fourth-order valence-corrected chi connectivity index (χ4v) is 1.15. The molecule has 4 heteroatoms. The van der Waals surface area contributed by atoms with E-state index in [2.05, 4.69) is 0 Å². The van der Waals surface area contributed by atoms with Gasteiger partial charge in [0.2, 0.25) is 0 Å². The first-order valence-electron chi connectivity index (χ1n) is 4.77. The van der Waals surface area contributed by atoms with Crippen LogP contribution in [-0.4, -0.2) is 23.9 Å². The van der Waals surface area contributed by atoms with E-state index in [4.69, 9.17) is 10.5 Å². The van der Waals surface area contributed by atoms with E-state index in [-0.39, 0.29) is 5.91 Å². The van der Waals surface area contributed by atoms with Gasteiger partial charge in [0.05, 0.1) is 17.7 Å². The molecule has 1 aromatic rings. The highest BCUT2D eigenvalue weighted by atomic mass is 16.2. The predicted molar refractivity (Wildman–Crippen MR) is 58.3 cm³/mol. The molecule has 4 nitrogen and oxygen atoms in total. The Hall–Kier alpha value is -2.33. The Balaban J connectivity index is 2.90. The molecular weight excluding hydrogens is 202 g/mol. The van der Waals surface area contributed by atoms with Crippen molar-refractivity contribution in [3.63, 3.8) is 0 Å². The standard InChI is InChI=1S/C12H11N3O/c1-9(7-13)15(2)12(16)11-5-3-10(8-14)4-6-11/h3-6,9H,1-2H3. The molecule has 0 fully saturated rings. The van der Waals surface area contributed by atoms with Gasteiger partial charge in [0.15, 0.2) is 0 Å². The van der Waals surface area contributed by atoms with E-state index in [9.17, 15) is 4.79 Å². The summed E-state index contributed by atoms with van der Waals surface area (Å²) in [4.78, 5) is 13.2. The van der Waals surface area contributed by atoms with E-state index in [0.717, 1.165) is 0 Å². The lowest BCUT2D eigenvalue weighted by Crippen LogP contribution is -2.33. The van der Waals surface area contributed by atoms with Crippen LogP contribution in [0.2, 0.25) is 0 Å². The second-order valence-corrected chi connectivity index (χ2v) is 3.41. The molecule has 80 valence electrons. The molecule has 0 N–H and O–H groups in total. The van der Waals surface area contributed by atoms with Gasteiger partial charge in [0.25, 0.3) is 5.91 Å². The summed E-state index contributed by atoms with van der Waals surface area (Å²) < 4.78 is 0. The first kappa shape index (κ1) is 11.7. The Kier molecular flexibility index (Phi) is 3.63. The second-order valence-electron chi connectivity index (χ2n) is 3.41. The molecule has 16 heavy (non-hydrogen) atoms. The summed E-state index contributed by atoms with van der Waals surface area (Å²) in [5.41, 5.74) is 0.983. The molecule has 1 aromatic carbocycles. The summed E-state index contributed by atoms with van der Waals surface area (Å²) in [5, 5.41) is 17.3. The zero-order valence-corrected chi connectivity index (χ0v) is 9.14. The number of carbonyl (C=O) groups excluding carboxylic acids is 1. The van der Waals surface area contributed by atoms with Crippen LogP contribution in [0.25, 0.3) is 0 Å². The SMILES string of the molecule is CC(C#N)N(C)C(=O)c1ccc(C#N)cc1. The summed E-state index contributed by atoms with van der Waals surface area (Å²) in [6, 6.07) is 9.83. The van der Waals surface area contributed by atoms with E-state index < -0.39 is 6.04 Å². The lowest BCUT2D eigenvalue weighted by Gasteiger charge is -2.19. The Labute approximate surface area is 94.3 Å². The topological polar surface area (TPSA) is 67.9 Å². The van der Waals surface area contributed by atoms with Gasteiger partial charge >= 0.3 is 0 Å². The van der Waals surface area contributed by atoms with Crippen LogP contribution in [0.15, 0.2) is 24.3 Å². The molecule has 0 heterocycles. The van der Waals surface area contributed by atoms with Gasteiger partial charge in [-0.15, -0.1) is 0 Å². The third-order valence-electron chi connectivity index (χ3n) is 2.35. The molecule has 1 rings (SSSR count). The zero-order valence-electron chi connectivity index (χ0n) is 9.14. The first-order valence-corrected chi connectivity index (χ1v) is 4.77. The highest BCUT2D eigenvalue weighted by Gasteiger charge is 2.16. The van der Waals surface area contributed by atoms with Crippen molar-refractivity contribution in [2.75, 3.05) is 7.05 Å². The van der Waals surface area contributed by atoms with E-state index in [1.54, 1.807) is 38.2 Å². The molecule has 1 unspecified atom stereocenters. The summed E-state index contributed by atoms with van der Waals surface area (Å²) in [6.45, 7) is 1.65. The minimum absolute atomic E-state index is 0.224. The van der Waals surface area contributed by atoms with Crippen molar-refractivity contribution < 1.29 is 4.79 Å². The Morgan fingerprint density at radius 2 is 1.88 bits per heavy atom. The second kappa shape index (κ2) is 4.95. The number of rotatable bonds is 2. The monoisotopic (exact) mass is 213 g/mol. The Bertz CT molecular complexity index is 465. The van der Waals surface area contributed by atoms with Gasteiger partial charge in [0.1, 0.15) is 6.04 Å². The van der Waals surface area contributed by atoms with Crippen LogP contribution in [0.5, 0.6) is 0 Å². The minimum atomic E-state index is -0.469. The molecule has 0 aromatic heterocycles. The average molecular weight is 213 g/mol. The maximum absolute atomic E-state index is 11.8. The first-order chi connectivity index (χ1) is 7.60. The maximum atomic E-state index is 11.8. The van der Waals surface area contributed by atoms with Crippen LogP contribution in [0.3, 0.4) is 0 Å². The van der Waals surface area contributed by atoms with Crippen molar-refractivity contribution in [3.8, 4) is 12.1 Å². The third kappa shape index (κ3) is 2.37. The van der Waals surface area contributed by atoms with Gasteiger partial charge in [-0.1, -0.05) is 0 Å². The van der Waals surface area contributed by atoms with Crippen LogP contribution >= 0.6 is 0 Å². The summed E-state index contributed by atoms with van der Waals surface area (Å²) in [5.74, 6) is -0.224. The van der Waals surface area contributed by atoms with Crippen LogP contribution in [0, 0.1) is 22.7 Å². The van der Waals surface area contributed by atoms with Crippen LogP contribution in [0.4, 0.5) is 0 Å². The Morgan fingerprint density at radius 1 is 1.31 bits per heavy atom. The lowest BCUT2D eigenvalue weighted by molar-refractivity contribution is 0.0773. The third-order valence-corrected chi connectivity index (χ3v) is 2.35. The smallest absolute Gasteiger partial charge is 0.254 e. The molecule has 0 aliphatic heterocycles. The highest BCUT2D eigenvalue weighted by molar-refractivity contribution is 5.94. The van der Waals surface area contributed by atoms with Crippen LogP contribution in [0.1, 0.15) is 22.8 Å². The normalized spacial score (nSPS) is 11.0. The minimum Gasteiger partial charge on any atom is -0.326 e. The van der Waals surface area contributed by atoms with Crippen molar-refractivity contribution in [1.29, 1.82) is 10.5 Å². The molecule has 0 aliphatic rings. The molecule has 1 atom stereocenters. The fraction of sp³-hybridized carbons (Fsp3) is 0.250. The highest BCUT2D eigenvalue weighted by Crippen LogP contribution is 2.08. The molecule has 0 saturated carbocycles.